The van der Waals surface area contributed by atoms with Gasteiger partial charge in [0, 0.05) is 10.5 Å². The fraction of sp³-hybridized carbons (Fsp3) is 0.200. The Labute approximate surface area is 111 Å². The Morgan fingerprint density at radius 3 is 2.35 bits per heavy atom. The molecule has 2 aromatic carbocycles. The van der Waals surface area contributed by atoms with Crippen molar-refractivity contribution in [1.29, 1.82) is 0 Å². The molecule has 0 spiro atoms. The normalized spacial score (nSPS) is 12.4. The Morgan fingerprint density at radius 2 is 1.71 bits per heavy atom. The number of hydrogen-bond donors (Lipinski definition) is 1. The van der Waals surface area contributed by atoms with E-state index in [1.807, 2.05) is 12.1 Å². The maximum Gasteiger partial charge on any atom is 0.0335 e. The van der Waals surface area contributed by atoms with Crippen LogP contribution in [-0.4, -0.2) is 0 Å². The zero-order chi connectivity index (χ0) is 12.3. The van der Waals surface area contributed by atoms with Crippen LogP contribution in [0.1, 0.15) is 22.7 Å². The number of nitrogens with two attached hydrogens (primary N) is 1. The van der Waals surface area contributed by atoms with E-state index in [0.29, 0.717) is 0 Å². The molecule has 0 saturated carbocycles. The highest BCUT2D eigenvalue weighted by Crippen LogP contribution is 2.20. The molecule has 0 aliphatic heterocycles. The molecule has 0 amide bonds. The molecule has 2 N–H and O–H groups in total. The molecule has 0 fully saturated rings. The molecule has 0 saturated heterocycles. The SMILES string of the molecule is Cc1ccccc1CC(N)c1ccc(Br)cc1. The lowest BCUT2D eigenvalue weighted by atomic mass is 9.97. The molecule has 17 heavy (non-hydrogen) atoms. The van der Waals surface area contributed by atoms with Gasteiger partial charge >= 0.3 is 0 Å². The van der Waals surface area contributed by atoms with E-state index in [0.717, 1.165) is 10.9 Å². The van der Waals surface area contributed by atoms with Gasteiger partial charge in [-0.25, -0.2) is 0 Å². The highest BCUT2D eigenvalue weighted by atomic mass is 79.9. The largest absolute Gasteiger partial charge is 0.324 e. The molecule has 2 aromatic rings. The van der Waals surface area contributed by atoms with Crippen LogP contribution in [0.5, 0.6) is 0 Å². The maximum absolute atomic E-state index is 6.23. The molecule has 0 aliphatic carbocycles. The Bertz CT molecular complexity index is 491. The van der Waals surface area contributed by atoms with Crippen LogP contribution in [0.3, 0.4) is 0 Å². The minimum atomic E-state index is 0.0594. The number of aryl methyl sites for hydroxylation is 1. The standard InChI is InChI=1S/C15H16BrN/c1-11-4-2-3-5-13(11)10-15(17)12-6-8-14(16)9-7-12/h2-9,15H,10,17H2,1H3. The third-order valence-corrected chi connectivity index (χ3v) is 3.53. The molecule has 0 radical (unpaired) electrons. The first kappa shape index (κ1) is 12.3. The van der Waals surface area contributed by atoms with Crippen LogP contribution in [0.25, 0.3) is 0 Å². The maximum atomic E-state index is 6.23. The lowest BCUT2D eigenvalue weighted by Gasteiger charge is -2.13. The average Bonchev–Trinajstić information content (AvgIpc) is 2.33. The lowest BCUT2D eigenvalue weighted by molar-refractivity contribution is 0.719. The Morgan fingerprint density at radius 1 is 1.06 bits per heavy atom. The van der Waals surface area contributed by atoms with Crippen molar-refractivity contribution < 1.29 is 0 Å². The van der Waals surface area contributed by atoms with Gasteiger partial charge in [0.2, 0.25) is 0 Å². The second-order valence-corrected chi connectivity index (χ2v) is 5.20. The molecule has 1 nitrogen and oxygen atoms in total. The molecule has 0 aliphatic rings. The van der Waals surface area contributed by atoms with E-state index >= 15 is 0 Å². The quantitative estimate of drug-likeness (QED) is 0.908. The second-order valence-electron chi connectivity index (χ2n) is 4.29. The van der Waals surface area contributed by atoms with Gasteiger partial charge in [-0.15, -0.1) is 0 Å². The molecule has 0 aromatic heterocycles. The van der Waals surface area contributed by atoms with Gasteiger partial charge in [-0.3, -0.25) is 0 Å². The van der Waals surface area contributed by atoms with Gasteiger partial charge in [0.1, 0.15) is 0 Å². The van der Waals surface area contributed by atoms with Crippen LogP contribution in [0.15, 0.2) is 53.0 Å². The smallest absolute Gasteiger partial charge is 0.0335 e. The van der Waals surface area contributed by atoms with E-state index < -0.39 is 0 Å². The summed E-state index contributed by atoms with van der Waals surface area (Å²) >= 11 is 3.43. The number of halogens is 1. The topological polar surface area (TPSA) is 26.0 Å². The summed E-state index contributed by atoms with van der Waals surface area (Å²) in [6, 6.07) is 16.7. The van der Waals surface area contributed by atoms with Gasteiger partial charge < -0.3 is 5.73 Å². The molecule has 2 heteroatoms. The number of hydrogen-bond acceptors (Lipinski definition) is 1. The minimum Gasteiger partial charge on any atom is -0.324 e. The van der Waals surface area contributed by atoms with Crippen molar-refractivity contribution in [2.45, 2.75) is 19.4 Å². The predicted octanol–water partition coefficient (Wildman–Crippen LogP) is 4.00. The molecule has 0 bridgehead atoms. The van der Waals surface area contributed by atoms with E-state index in [1.54, 1.807) is 0 Å². The van der Waals surface area contributed by atoms with E-state index in [9.17, 15) is 0 Å². The second kappa shape index (κ2) is 5.48. The van der Waals surface area contributed by atoms with Crippen LogP contribution in [0.2, 0.25) is 0 Å². The Balaban J connectivity index is 2.14. The average molecular weight is 290 g/mol. The molecule has 0 heterocycles. The molecule has 2 rings (SSSR count). The first-order chi connectivity index (χ1) is 8.16. The highest BCUT2D eigenvalue weighted by Gasteiger charge is 2.08. The van der Waals surface area contributed by atoms with E-state index in [-0.39, 0.29) is 6.04 Å². The van der Waals surface area contributed by atoms with Gasteiger partial charge in [-0.1, -0.05) is 52.3 Å². The fourth-order valence-electron chi connectivity index (χ4n) is 1.90. The summed E-state index contributed by atoms with van der Waals surface area (Å²) in [6.45, 7) is 2.13. The zero-order valence-corrected chi connectivity index (χ0v) is 11.4. The summed E-state index contributed by atoms with van der Waals surface area (Å²) < 4.78 is 1.09. The zero-order valence-electron chi connectivity index (χ0n) is 9.86. The lowest BCUT2D eigenvalue weighted by Crippen LogP contribution is -2.13. The van der Waals surface area contributed by atoms with Gasteiger partial charge in [-0.05, 0) is 42.2 Å². The van der Waals surface area contributed by atoms with Gasteiger partial charge in [-0.2, -0.15) is 0 Å². The third kappa shape index (κ3) is 3.18. The van der Waals surface area contributed by atoms with Crippen LogP contribution in [0, 0.1) is 6.92 Å². The highest BCUT2D eigenvalue weighted by molar-refractivity contribution is 9.10. The molecular formula is C15H16BrN. The first-order valence-corrected chi connectivity index (χ1v) is 6.51. The van der Waals surface area contributed by atoms with Crippen molar-refractivity contribution in [3.8, 4) is 0 Å². The van der Waals surface area contributed by atoms with E-state index in [4.69, 9.17) is 5.73 Å². The van der Waals surface area contributed by atoms with Gasteiger partial charge in [0.05, 0.1) is 0 Å². The van der Waals surface area contributed by atoms with Crippen molar-refractivity contribution in [3.05, 3.63) is 69.7 Å². The van der Waals surface area contributed by atoms with Crippen LogP contribution < -0.4 is 5.73 Å². The fourth-order valence-corrected chi connectivity index (χ4v) is 2.17. The summed E-state index contributed by atoms with van der Waals surface area (Å²) in [4.78, 5) is 0. The molecular weight excluding hydrogens is 274 g/mol. The van der Waals surface area contributed by atoms with Crippen molar-refractivity contribution >= 4 is 15.9 Å². The minimum absolute atomic E-state index is 0.0594. The summed E-state index contributed by atoms with van der Waals surface area (Å²) in [7, 11) is 0. The summed E-state index contributed by atoms with van der Waals surface area (Å²) in [6.07, 6.45) is 0.883. The predicted molar refractivity (Wildman–Crippen MR) is 76.0 cm³/mol. The summed E-state index contributed by atoms with van der Waals surface area (Å²) in [5.41, 5.74) is 10.0. The van der Waals surface area contributed by atoms with E-state index in [1.165, 1.54) is 16.7 Å². The monoisotopic (exact) mass is 289 g/mol. The summed E-state index contributed by atoms with van der Waals surface area (Å²) in [5.74, 6) is 0. The van der Waals surface area contributed by atoms with E-state index in [2.05, 4.69) is 59.3 Å². The number of benzene rings is 2. The molecule has 1 atom stereocenters. The van der Waals surface area contributed by atoms with Crippen LogP contribution in [0.4, 0.5) is 0 Å². The third-order valence-electron chi connectivity index (χ3n) is 3.00. The van der Waals surface area contributed by atoms with Gasteiger partial charge in [0.15, 0.2) is 0 Å². The number of rotatable bonds is 3. The molecule has 1 unspecified atom stereocenters. The van der Waals surface area contributed by atoms with Crippen molar-refractivity contribution in [2.24, 2.45) is 5.73 Å². The van der Waals surface area contributed by atoms with Crippen molar-refractivity contribution in [2.75, 3.05) is 0 Å². The summed E-state index contributed by atoms with van der Waals surface area (Å²) in [5, 5.41) is 0. The Hall–Kier alpha value is -1.12. The van der Waals surface area contributed by atoms with Gasteiger partial charge in [0.25, 0.3) is 0 Å². The molecule has 88 valence electrons. The van der Waals surface area contributed by atoms with Crippen molar-refractivity contribution in [1.82, 2.24) is 0 Å². The van der Waals surface area contributed by atoms with Crippen LogP contribution in [-0.2, 0) is 6.42 Å². The first-order valence-electron chi connectivity index (χ1n) is 5.72. The van der Waals surface area contributed by atoms with Crippen molar-refractivity contribution in [3.63, 3.8) is 0 Å². The Kier molecular flexibility index (Phi) is 3.97. The van der Waals surface area contributed by atoms with Crippen LogP contribution >= 0.6 is 15.9 Å².